The molecule has 1 unspecified atom stereocenters. The van der Waals surface area contributed by atoms with Crippen LogP contribution < -0.4 is 10.9 Å². The number of alkyl halides is 3. The fourth-order valence-corrected chi connectivity index (χ4v) is 2.96. The zero-order chi connectivity index (χ0) is 17.3. The molecule has 3 aromatic rings. The Kier molecular flexibility index (Phi) is 4.27. The van der Waals surface area contributed by atoms with Crippen LogP contribution in [-0.2, 0) is 6.18 Å². The number of halogens is 3. The third kappa shape index (κ3) is 3.40. The molecular formula is C15H13F3N4OS. The van der Waals surface area contributed by atoms with Gasteiger partial charge in [-0.25, -0.2) is 4.98 Å². The summed E-state index contributed by atoms with van der Waals surface area (Å²) in [5.41, 5.74) is -0.143. The van der Waals surface area contributed by atoms with Gasteiger partial charge >= 0.3 is 6.18 Å². The Morgan fingerprint density at radius 3 is 2.58 bits per heavy atom. The van der Waals surface area contributed by atoms with E-state index >= 15 is 0 Å². The van der Waals surface area contributed by atoms with Crippen LogP contribution in [0.4, 0.5) is 18.3 Å². The molecule has 3 rings (SSSR count). The van der Waals surface area contributed by atoms with Gasteiger partial charge in [0.1, 0.15) is 0 Å². The zero-order valence-electron chi connectivity index (χ0n) is 12.5. The highest BCUT2D eigenvalue weighted by Gasteiger charge is 2.30. The molecule has 0 fully saturated rings. The van der Waals surface area contributed by atoms with E-state index in [1.807, 2.05) is 6.92 Å². The van der Waals surface area contributed by atoms with E-state index in [1.54, 1.807) is 0 Å². The van der Waals surface area contributed by atoms with Crippen molar-refractivity contribution in [3.8, 4) is 0 Å². The summed E-state index contributed by atoms with van der Waals surface area (Å²) in [5, 5.41) is 7.75. The van der Waals surface area contributed by atoms with E-state index in [0.717, 1.165) is 17.7 Å². The Morgan fingerprint density at radius 1 is 1.25 bits per heavy atom. The molecule has 1 aromatic carbocycles. The van der Waals surface area contributed by atoms with Crippen molar-refractivity contribution in [2.75, 3.05) is 11.9 Å². The van der Waals surface area contributed by atoms with Crippen LogP contribution in [0.25, 0.3) is 4.96 Å². The molecule has 0 bridgehead atoms. The minimum atomic E-state index is -4.33. The minimum absolute atomic E-state index is 0.0241. The lowest BCUT2D eigenvalue weighted by atomic mass is 10.00. The van der Waals surface area contributed by atoms with E-state index in [2.05, 4.69) is 15.4 Å². The molecule has 2 aromatic heterocycles. The van der Waals surface area contributed by atoms with E-state index in [1.165, 1.54) is 40.2 Å². The summed E-state index contributed by atoms with van der Waals surface area (Å²) < 4.78 is 38.9. The van der Waals surface area contributed by atoms with Gasteiger partial charge in [-0.05, 0) is 23.6 Å². The second-order valence-corrected chi connectivity index (χ2v) is 6.24. The molecule has 5 nitrogen and oxygen atoms in total. The topological polar surface area (TPSA) is 59.3 Å². The van der Waals surface area contributed by atoms with Crippen LogP contribution in [-0.4, -0.2) is 21.1 Å². The Labute approximate surface area is 138 Å². The van der Waals surface area contributed by atoms with E-state index in [4.69, 9.17) is 0 Å². The number of benzene rings is 1. The lowest BCUT2D eigenvalue weighted by molar-refractivity contribution is -0.137. The van der Waals surface area contributed by atoms with Gasteiger partial charge in [0.15, 0.2) is 0 Å². The van der Waals surface area contributed by atoms with Crippen molar-refractivity contribution in [3.63, 3.8) is 0 Å². The van der Waals surface area contributed by atoms with E-state index in [-0.39, 0.29) is 11.5 Å². The van der Waals surface area contributed by atoms with Crippen LogP contribution >= 0.6 is 11.3 Å². The first-order chi connectivity index (χ1) is 11.3. The highest BCUT2D eigenvalue weighted by molar-refractivity contribution is 7.20. The van der Waals surface area contributed by atoms with Crippen LogP contribution in [0.2, 0.25) is 0 Å². The standard InChI is InChI=1S/C15H13F3N4OS/c1-9(10-2-4-11(5-3-10)15(16,17)18)8-20-13-21-22-12(23)6-7-19-14(22)24-13/h2-7,9H,8H2,1H3,(H,20,21). The third-order valence-corrected chi connectivity index (χ3v) is 4.42. The minimum Gasteiger partial charge on any atom is -0.359 e. The molecule has 0 aliphatic carbocycles. The molecule has 0 aliphatic rings. The summed E-state index contributed by atoms with van der Waals surface area (Å²) in [6.07, 6.45) is -2.91. The molecule has 9 heteroatoms. The summed E-state index contributed by atoms with van der Waals surface area (Å²) >= 11 is 1.24. The number of fused-ring (bicyclic) bond motifs is 1. The van der Waals surface area contributed by atoms with Crippen LogP contribution in [0, 0.1) is 0 Å². The lowest BCUT2D eigenvalue weighted by Crippen LogP contribution is -2.14. The summed E-state index contributed by atoms with van der Waals surface area (Å²) in [6.45, 7) is 2.37. The predicted molar refractivity (Wildman–Crippen MR) is 85.5 cm³/mol. The van der Waals surface area contributed by atoms with Crippen molar-refractivity contribution < 1.29 is 13.2 Å². The molecule has 0 radical (unpaired) electrons. The van der Waals surface area contributed by atoms with E-state index < -0.39 is 11.7 Å². The molecule has 0 amide bonds. The van der Waals surface area contributed by atoms with Gasteiger partial charge in [0.05, 0.1) is 5.56 Å². The smallest absolute Gasteiger partial charge is 0.359 e. The van der Waals surface area contributed by atoms with Gasteiger partial charge in [-0.3, -0.25) is 4.79 Å². The number of rotatable bonds is 4. The third-order valence-electron chi connectivity index (χ3n) is 3.54. The maximum Gasteiger partial charge on any atom is 0.416 e. The Morgan fingerprint density at radius 2 is 1.96 bits per heavy atom. The van der Waals surface area contributed by atoms with Gasteiger partial charge in [-0.1, -0.05) is 30.4 Å². The summed E-state index contributed by atoms with van der Waals surface area (Å²) in [4.78, 5) is 16.1. The largest absolute Gasteiger partial charge is 0.416 e. The average Bonchev–Trinajstić information content (AvgIpc) is 2.96. The summed E-state index contributed by atoms with van der Waals surface area (Å²) in [5.74, 6) is -0.0241. The van der Waals surface area contributed by atoms with Crippen molar-refractivity contribution in [2.24, 2.45) is 0 Å². The molecule has 0 saturated carbocycles. The Bertz CT molecular complexity index is 901. The Balaban J connectivity index is 1.69. The molecular weight excluding hydrogens is 341 g/mol. The second-order valence-electron chi connectivity index (χ2n) is 5.29. The van der Waals surface area contributed by atoms with Crippen LogP contribution in [0.1, 0.15) is 24.0 Å². The predicted octanol–water partition coefficient (Wildman–Crippen LogP) is 3.39. The van der Waals surface area contributed by atoms with Gasteiger partial charge in [0.2, 0.25) is 10.1 Å². The SMILES string of the molecule is CC(CNc1nn2c(=O)ccnc2s1)c1ccc(C(F)(F)F)cc1. The van der Waals surface area contributed by atoms with Crippen molar-refractivity contribution in [1.29, 1.82) is 0 Å². The maximum atomic E-state index is 12.6. The summed E-state index contributed by atoms with van der Waals surface area (Å²) in [6, 6.07) is 6.42. The highest BCUT2D eigenvalue weighted by Crippen LogP contribution is 2.30. The number of nitrogens with one attached hydrogen (secondary N) is 1. The molecule has 126 valence electrons. The number of hydrogen-bond acceptors (Lipinski definition) is 5. The first kappa shape index (κ1) is 16.4. The number of nitrogens with zero attached hydrogens (tertiary/aromatic N) is 3. The van der Waals surface area contributed by atoms with Crippen LogP contribution in [0.15, 0.2) is 41.3 Å². The molecule has 1 atom stereocenters. The number of aromatic nitrogens is 3. The normalized spacial score (nSPS) is 13.2. The summed E-state index contributed by atoms with van der Waals surface area (Å²) in [7, 11) is 0. The van der Waals surface area contributed by atoms with Crippen molar-refractivity contribution in [2.45, 2.75) is 19.0 Å². The first-order valence-corrected chi connectivity index (χ1v) is 7.92. The molecule has 2 heterocycles. The van der Waals surface area contributed by atoms with Crippen molar-refractivity contribution in [3.05, 3.63) is 58.0 Å². The van der Waals surface area contributed by atoms with Crippen LogP contribution in [0.3, 0.4) is 0 Å². The van der Waals surface area contributed by atoms with Crippen molar-refractivity contribution in [1.82, 2.24) is 14.6 Å². The molecule has 0 spiro atoms. The molecule has 0 aliphatic heterocycles. The first-order valence-electron chi connectivity index (χ1n) is 7.10. The lowest BCUT2D eigenvalue weighted by Gasteiger charge is -2.13. The van der Waals surface area contributed by atoms with Gasteiger partial charge in [0, 0.05) is 18.8 Å². The van der Waals surface area contributed by atoms with Gasteiger partial charge in [-0.2, -0.15) is 17.7 Å². The van der Waals surface area contributed by atoms with Gasteiger partial charge < -0.3 is 5.32 Å². The fraction of sp³-hybridized carbons (Fsp3) is 0.267. The van der Waals surface area contributed by atoms with E-state index in [9.17, 15) is 18.0 Å². The average molecular weight is 354 g/mol. The monoisotopic (exact) mass is 354 g/mol. The number of anilines is 1. The van der Waals surface area contributed by atoms with E-state index in [0.29, 0.717) is 16.6 Å². The Hall–Kier alpha value is -2.42. The molecule has 24 heavy (non-hydrogen) atoms. The molecule has 0 saturated heterocycles. The van der Waals surface area contributed by atoms with Gasteiger partial charge in [0.25, 0.3) is 5.56 Å². The quantitative estimate of drug-likeness (QED) is 0.780. The maximum absolute atomic E-state index is 12.6. The molecule has 1 N–H and O–H groups in total. The highest BCUT2D eigenvalue weighted by atomic mass is 32.1. The second kappa shape index (κ2) is 6.23. The zero-order valence-corrected chi connectivity index (χ0v) is 13.4. The van der Waals surface area contributed by atoms with Crippen molar-refractivity contribution >= 4 is 21.4 Å². The van der Waals surface area contributed by atoms with Gasteiger partial charge in [-0.15, -0.1) is 5.10 Å². The number of hydrogen-bond donors (Lipinski definition) is 1. The van der Waals surface area contributed by atoms with Crippen LogP contribution in [0.5, 0.6) is 0 Å². The fourth-order valence-electron chi connectivity index (χ4n) is 2.17.